The minimum absolute atomic E-state index is 0.717. The quantitative estimate of drug-likeness (QED) is 0.595. The minimum Gasteiger partial charge on any atom is -0.493 e. The maximum Gasteiger partial charge on any atom is 0.127 e. The average Bonchev–Trinajstić information content (AvgIpc) is 2.28. The molecule has 16 heavy (non-hydrogen) atoms. The fourth-order valence-electron chi connectivity index (χ4n) is 1.59. The third-order valence-corrected chi connectivity index (χ3v) is 2.63. The van der Waals surface area contributed by atoms with E-state index in [-0.39, 0.29) is 0 Å². The van der Waals surface area contributed by atoms with Crippen LogP contribution in [0.4, 0.5) is 5.69 Å². The van der Waals surface area contributed by atoms with Crippen LogP contribution in [0.15, 0.2) is 12.1 Å². The van der Waals surface area contributed by atoms with E-state index in [1.165, 1.54) is 0 Å². The first-order chi connectivity index (χ1) is 7.66. The smallest absolute Gasteiger partial charge is 0.127 e. The molecule has 3 heteroatoms. The van der Waals surface area contributed by atoms with E-state index in [1.54, 1.807) is 7.11 Å². The number of benzene rings is 1. The summed E-state index contributed by atoms with van der Waals surface area (Å²) in [5.41, 5.74) is 8.80. The highest BCUT2D eigenvalue weighted by Crippen LogP contribution is 2.27. The van der Waals surface area contributed by atoms with Crippen molar-refractivity contribution >= 4 is 5.69 Å². The first kappa shape index (κ1) is 12.8. The van der Waals surface area contributed by atoms with Gasteiger partial charge in [0.05, 0.1) is 6.61 Å². The minimum atomic E-state index is 0.717. The first-order valence-corrected chi connectivity index (χ1v) is 5.64. The molecule has 2 N–H and O–H groups in total. The van der Waals surface area contributed by atoms with Gasteiger partial charge in [-0.25, -0.2) is 0 Å². The highest BCUT2D eigenvalue weighted by Gasteiger charge is 2.06. The van der Waals surface area contributed by atoms with Crippen molar-refractivity contribution in [1.82, 2.24) is 0 Å². The summed E-state index contributed by atoms with van der Waals surface area (Å²) in [6.07, 6.45) is 2.03. The molecule has 0 atom stereocenters. The van der Waals surface area contributed by atoms with Gasteiger partial charge < -0.3 is 15.2 Å². The normalized spacial score (nSPS) is 10.4. The standard InChI is InChI=1S/C13H21NO2/c1-10-6-7-12(14)11(2)13(10)16-9-5-4-8-15-3/h6-7H,4-5,8-9,14H2,1-3H3. The molecule has 0 unspecified atom stereocenters. The monoisotopic (exact) mass is 223 g/mol. The van der Waals surface area contributed by atoms with Crippen LogP contribution >= 0.6 is 0 Å². The van der Waals surface area contributed by atoms with Gasteiger partial charge in [-0.15, -0.1) is 0 Å². The SMILES string of the molecule is COCCCCOc1c(C)ccc(N)c1C. The molecule has 1 aromatic carbocycles. The van der Waals surface area contributed by atoms with Crippen molar-refractivity contribution in [3.63, 3.8) is 0 Å². The molecule has 0 heterocycles. The van der Waals surface area contributed by atoms with E-state index in [1.807, 2.05) is 26.0 Å². The van der Waals surface area contributed by atoms with Crippen molar-refractivity contribution in [2.24, 2.45) is 0 Å². The van der Waals surface area contributed by atoms with Gasteiger partial charge in [0.25, 0.3) is 0 Å². The van der Waals surface area contributed by atoms with E-state index in [4.69, 9.17) is 15.2 Å². The van der Waals surface area contributed by atoms with E-state index < -0.39 is 0 Å². The van der Waals surface area contributed by atoms with Crippen LogP contribution in [0.5, 0.6) is 5.75 Å². The zero-order valence-corrected chi connectivity index (χ0v) is 10.4. The van der Waals surface area contributed by atoms with Crippen LogP contribution in [0.2, 0.25) is 0 Å². The van der Waals surface area contributed by atoms with Crippen LogP contribution in [0, 0.1) is 13.8 Å². The van der Waals surface area contributed by atoms with Crippen molar-refractivity contribution < 1.29 is 9.47 Å². The summed E-state index contributed by atoms with van der Waals surface area (Å²) < 4.78 is 10.7. The lowest BCUT2D eigenvalue weighted by atomic mass is 10.1. The van der Waals surface area contributed by atoms with Gasteiger partial charge in [-0.05, 0) is 38.3 Å². The average molecular weight is 223 g/mol. The third-order valence-electron chi connectivity index (χ3n) is 2.63. The van der Waals surface area contributed by atoms with Gasteiger partial charge >= 0.3 is 0 Å². The van der Waals surface area contributed by atoms with Crippen LogP contribution in [0.25, 0.3) is 0 Å². The van der Waals surface area contributed by atoms with Crippen LogP contribution in [0.3, 0.4) is 0 Å². The molecule has 1 aromatic rings. The van der Waals surface area contributed by atoms with Gasteiger partial charge in [-0.2, -0.15) is 0 Å². The summed E-state index contributed by atoms with van der Waals surface area (Å²) in [6, 6.07) is 3.91. The second-order valence-corrected chi connectivity index (χ2v) is 3.97. The number of aryl methyl sites for hydroxylation is 1. The van der Waals surface area contributed by atoms with Gasteiger partial charge in [0, 0.05) is 25.0 Å². The Morgan fingerprint density at radius 2 is 1.81 bits per heavy atom. The van der Waals surface area contributed by atoms with Crippen molar-refractivity contribution in [3.05, 3.63) is 23.3 Å². The Balaban J connectivity index is 2.50. The van der Waals surface area contributed by atoms with E-state index in [9.17, 15) is 0 Å². The highest BCUT2D eigenvalue weighted by molar-refractivity contribution is 5.56. The number of hydrogen-bond acceptors (Lipinski definition) is 3. The summed E-state index contributed by atoms with van der Waals surface area (Å²) in [4.78, 5) is 0. The second-order valence-electron chi connectivity index (χ2n) is 3.97. The van der Waals surface area contributed by atoms with Gasteiger partial charge in [-0.3, -0.25) is 0 Å². The number of anilines is 1. The molecule has 0 aliphatic carbocycles. The molecule has 0 fully saturated rings. The third kappa shape index (κ3) is 3.42. The fraction of sp³-hybridized carbons (Fsp3) is 0.538. The van der Waals surface area contributed by atoms with E-state index in [0.717, 1.165) is 42.0 Å². The number of nitrogens with two attached hydrogens (primary N) is 1. The first-order valence-electron chi connectivity index (χ1n) is 5.64. The summed E-state index contributed by atoms with van der Waals surface area (Å²) in [7, 11) is 1.72. The molecule has 0 radical (unpaired) electrons. The molecule has 0 saturated carbocycles. The van der Waals surface area contributed by atoms with Gasteiger partial charge in [-0.1, -0.05) is 6.07 Å². The number of unbranched alkanes of at least 4 members (excludes halogenated alkanes) is 1. The molecule has 0 saturated heterocycles. The number of hydrogen-bond donors (Lipinski definition) is 1. The van der Waals surface area contributed by atoms with Crippen LogP contribution < -0.4 is 10.5 Å². The zero-order valence-electron chi connectivity index (χ0n) is 10.4. The second kappa shape index (κ2) is 6.38. The molecule has 0 spiro atoms. The molecule has 0 aromatic heterocycles. The fourth-order valence-corrected chi connectivity index (χ4v) is 1.59. The lowest BCUT2D eigenvalue weighted by molar-refractivity contribution is 0.184. The summed E-state index contributed by atoms with van der Waals surface area (Å²) >= 11 is 0. The maximum atomic E-state index is 5.84. The van der Waals surface area contributed by atoms with Crippen molar-refractivity contribution in [2.45, 2.75) is 26.7 Å². The molecule has 90 valence electrons. The van der Waals surface area contributed by atoms with Crippen molar-refractivity contribution in [2.75, 3.05) is 26.1 Å². The topological polar surface area (TPSA) is 44.5 Å². The van der Waals surface area contributed by atoms with Gasteiger partial charge in [0.15, 0.2) is 0 Å². The Morgan fingerprint density at radius 1 is 1.12 bits per heavy atom. The Morgan fingerprint density at radius 3 is 2.50 bits per heavy atom. The van der Waals surface area contributed by atoms with Crippen molar-refractivity contribution in [3.8, 4) is 5.75 Å². The molecule has 3 nitrogen and oxygen atoms in total. The molecule has 0 bridgehead atoms. The summed E-state index contributed by atoms with van der Waals surface area (Å²) in [5.74, 6) is 0.928. The predicted octanol–water partition coefficient (Wildman–Crippen LogP) is 2.69. The summed E-state index contributed by atoms with van der Waals surface area (Å²) in [5, 5.41) is 0. The molecular weight excluding hydrogens is 202 g/mol. The molecule has 0 aliphatic heterocycles. The maximum absolute atomic E-state index is 5.84. The van der Waals surface area contributed by atoms with E-state index in [0.29, 0.717) is 6.61 Å². The van der Waals surface area contributed by atoms with Gasteiger partial charge in [0.1, 0.15) is 5.75 Å². The van der Waals surface area contributed by atoms with Gasteiger partial charge in [0.2, 0.25) is 0 Å². The Bertz CT molecular complexity index is 337. The van der Waals surface area contributed by atoms with Crippen LogP contribution in [0.1, 0.15) is 24.0 Å². The largest absolute Gasteiger partial charge is 0.493 e. The molecule has 0 amide bonds. The van der Waals surface area contributed by atoms with Crippen LogP contribution in [-0.2, 0) is 4.74 Å². The molecule has 0 aliphatic rings. The highest BCUT2D eigenvalue weighted by atomic mass is 16.5. The predicted molar refractivity (Wildman–Crippen MR) is 66.9 cm³/mol. The molecule has 1 rings (SSSR count). The van der Waals surface area contributed by atoms with Crippen molar-refractivity contribution in [1.29, 1.82) is 0 Å². The Hall–Kier alpha value is -1.22. The number of ether oxygens (including phenoxy) is 2. The van der Waals surface area contributed by atoms with E-state index in [2.05, 4.69) is 0 Å². The lowest BCUT2D eigenvalue weighted by Crippen LogP contribution is -2.03. The zero-order chi connectivity index (χ0) is 12.0. The van der Waals surface area contributed by atoms with E-state index >= 15 is 0 Å². The van der Waals surface area contributed by atoms with Crippen LogP contribution in [-0.4, -0.2) is 20.3 Å². The number of nitrogen functional groups attached to an aromatic ring is 1. The Kier molecular flexibility index (Phi) is 5.12. The number of rotatable bonds is 6. The lowest BCUT2D eigenvalue weighted by Gasteiger charge is -2.13. The number of methoxy groups -OCH3 is 1. The Labute approximate surface area is 97.6 Å². The molecular formula is C13H21NO2. The summed E-state index contributed by atoms with van der Waals surface area (Å²) in [6.45, 7) is 5.54.